The Hall–Kier alpha value is -3.33. The van der Waals surface area contributed by atoms with E-state index in [4.69, 9.17) is 0 Å². The average molecular weight is 423 g/mol. The highest BCUT2D eigenvalue weighted by Crippen LogP contribution is 2.34. The Balaban J connectivity index is 1.58. The van der Waals surface area contributed by atoms with E-state index in [0.717, 1.165) is 24.9 Å². The number of anilines is 1. The van der Waals surface area contributed by atoms with E-state index < -0.39 is 0 Å². The highest BCUT2D eigenvalue weighted by molar-refractivity contribution is 5.96. The lowest BCUT2D eigenvalue weighted by Crippen LogP contribution is -2.20. The van der Waals surface area contributed by atoms with Crippen molar-refractivity contribution in [2.75, 3.05) is 5.32 Å². The van der Waals surface area contributed by atoms with Gasteiger partial charge < -0.3 is 9.88 Å². The first-order chi connectivity index (χ1) is 15.7. The number of hydrogen-bond acceptors (Lipinski definition) is 1. The van der Waals surface area contributed by atoms with E-state index in [1.807, 2.05) is 0 Å². The molecule has 4 aromatic rings. The first-order valence-electron chi connectivity index (χ1n) is 11.8. The van der Waals surface area contributed by atoms with Crippen LogP contribution in [0.25, 0.3) is 10.9 Å². The zero-order valence-electron chi connectivity index (χ0n) is 18.6. The molecule has 3 nitrogen and oxygen atoms in total. The van der Waals surface area contributed by atoms with Crippen molar-refractivity contribution in [3.8, 4) is 0 Å². The number of rotatable bonds is 6. The van der Waals surface area contributed by atoms with Crippen LogP contribution in [-0.4, -0.2) is 10.5 Å². The second-order valence-corrected chi connectivity index (χ2v) is 8.84. The van der Waals surface area contributed by atoms with Gasteiger partial charge >= 0.3 is 0 Å². The Labute approximate surface area is 190 Å². The third-order valence-electron chi connectivity index (χ3n) is 6.80. The molecule has 32 heavy (non-hydrogen) atoms. The molecule has 1 aliphatic carbocycles. The number of nitrogens with zero attached hydrogens (tertiary/aromatic N) is 1. The van der Waals surface area contributed by atoms with Crippen molar-refractivity contribution in [3.63, 3.8) is 0 Å². The minimum atomic E-state index is 0.0964. The first-order valence-corrected chi connectivity index (χ1v) is 11.8. The molecule has 1 aromatic heterocycles. The minimum Gasteiger partial charge on any atom is -0.336 e. The van der Waals surface area contributed by atoms with Crippen LogP contribution >= 0.6 is 0 Å². The molecule has 162 valence electrons. The fourth-order valence-electron chi connectivity index (χ4n) is 5.12. The van der Waals surface area contributed by atoms with E-state index in [-0.39, 0.29) is 17.9 Å². The zero-order chi connectivity index (χ0) is 21.9. The van der Waals surface area contributed by atoms with Gasteiger partial charge in [-0.15, -0.1) is 0 Å². The van der Waals surface area contributed by atoms with Crippen LogP contribution in [0.2, 0.25) is 0 Å². The fraction of sp³-hybridized carbons (Fsp3) is 0.276. The van der Waals surface area contributed by atoms with E-state index >= 15 is 0 Å². The maximum Gasteiger partial charge on any atom is 0.227 e. The molecule has 3 heteroatoms. The molecular weight excluding hydrogens is 392 g/mol. The maximum atomic E-state index is 12.7. The van der Waals surface area contributed by atoms with E-state index in [0.29, 0.717) is 0 Å². The minimum absolute atomic E-state index is 0.0964. The highest BCUT2D eigenvalue weighted by Gasteiger charge is 2.23. The molecule has 5 rings (SSSR count). The molecule has 0 unspecified atom stereocenters. The zero-order valence-corrected chi connectivity index (χ0v) is 18.6. The van der Waals surface area contributed by atoms with Crippen molar-refractivity contribution in [2.24, 2.45) is 5.92 Å². The van der Waals surface area contributed by atoms with Gasteiger partial charge in [-0.25, -0.2) is 0 Å². The Bertz CT molecular complexity index is 1160. The van der Waals surface area contributed by atoms with Crippen molar-refractivity contribution < 1.29 is 4.79 Å². The normalized spacial score (nSPS) is 14.3. The van der Waals surface area contributed by atoms with Crippen LogP contribution in [0.4, 0.5) is 5.69 Å². The summed E-state index contributed by atoms with van der Waals surface area (Å²) in [6.07, 6.45) is 7.60. The van der Waals surface area contributed by atoms with Gasteiger partial charge in [0.05, 0.1) is 6.04 Å². The molecule has 1 heterocycles. The molecule has 0 spiro atoms. The van der Waals surface area contributed by atoms with Crippen molar-refractivity contribution in [1.82, 2.24) is 4.57 Å². The topological polar surface area (TPSA) is 34.0 Å². The monoisotopic (exact) mass is 422 g/mol. The van der Waals surface area contributed by atoms with E-state index in [1.165, 1.54) is 40.4 Å². The number of benzene rings is 3. The predicted octanol–water partition coefficient (Wildman–Crippen LogP) is 6.97. The molecule has 0 saturated heterocycles. The van der Waals surface area contributed by atoms with Gasteiger partial charge in [-0.05, 0) is 54.2 Å². The molecule has 0 bridgehead atoms. The molecular formula is C29H30N2O. The smallest absolute Gasteiger partial charge is 0.227 e. The second-order valence-electron chi connectivity index (χ2n) is 8.84. The van der Waals surface area contributed by atoms with Crippen molar-refractivity contribution in [2.45, 2.75) is 45.1 Å². The van der Waals surface area contributed by atoms with Gasteiger partial charge in [-0.2, -0.15) is 0 Å². The van der Waals surface area contributed by atoms with Gasteiger partial charge in [0.2, 0.25) is 5.91 Å². The third kappa shape index (κ3) is 3.95. The van der Waals surface area contributed by atoms with Crippen LogP contribution in [-0.2, 0) is 11.2 Å². The molecule has 0 radical (unpaired) electrons. The summed E-state index contributed by atoms with van der Waals surface area (Å²) in [4.78, 5) is 12.7. The number of hydrogen-bond donors (Lipinski definition) is 1. The number of aromatic nitrogens is 1. The van der Waals surface area contributed by atoms with Gasteiger partial charge in [0.15, 0.2) is 0 Å². The summed E-state index contributed by atoms with van der Waals surface area (Å²) in [5.74, 6) is 0.340. The molecule has 3 aromatic carbocycles. The molecule has 0 atom stereocenters. The lowest BCUT2D eigenvalue weighted by atomic mass is 9.98. The summed E-state index contributed by atoms with van der Waals surface area (Å²) in [7, 11) is 0. The standard InChI is InChI=1S/C29H30N2O/c1-2-21-20-31(28(22-11-5-3-6-12-22)23-13-7-4-8-14-23)27-18-17-25(19-26(21)27)30-29(32)24-15-9-10-16-24/h3-8,11-14,17-20,24,28H,2,9-10,15-16H2,1H3,(H,30,32). The van der Waals surface area contributed by atoms with Crippen LogP contribution in [0.1, 0.15) is 55.3 Å². The summed E-state index contributed by atoms with van der Waals surface area (Å²) in [5, 5.41) is 4.40. The van der Waals surface area contributed by atoms with Gasteiger partial charge in [0.1, 0.15) is 0 Å². The Morgan fingerprint density at radius 1 is 0.938 bits per heavy atom. The largest absolute Gasteiger partial charge is 0.336 e. The van der Waals surface area contributed by atoms with Crippen LogP contribution in [0.5, 0.6) is 0 Å². The van der Waals surface area contributed by atoms with Crippen molar-refractivity contribution >= 4 is 22.5 Å². The summed E-state index contributed by atoms with van der Waals surface area (Å²) < 4.78 is 2.39. The Morgan fingerprint density at radius 2 is 1.56 bits per heavy atom. The van der Waals surface area contributed by atoms with Gasteiger partial charge in [-0.3, -0.25) is 4.79 Å². The number of carbonyl (C=O) groups is 1. The second kappa shape index (κ2) is 9.04. The summed E-state index contributed by atoms with van der Waals surface area (Å²) in [6.45, 7) is 2.20. The number of nitrogens with one attached hydrogen (secondary N) is 1. The Kier molecular flexibility index (Phi) is 5.81. The van der Waals surface area contributed by atoms with Crippen LogP contribution in [0.15, 0.2) is 85.1 Å². The number of fused-ring (bicyclic) bond motifs is 1. The van der Waals surface area contributed by atoms with Crippen LogP contribution in [0, 0.1) is 5.92 Å². The highest BCUT2D eigenvalue weighted by atomic mass is 16.1. The molecule has 1 amide bonds. The number of carbonyl (C=O) groups excluding carboxylic acids is 1. The van der Waals surface area contributed by atoms with Gasteiger partial charge in [0, 0.05) is 28.7 Å². The SMILES string of the molecule is CCc1cn(C(c2ccccc2)c2ccccc2)c2ccc(NC(=O)C3CCCC3)cc12. The van der Waals surface area contributed by atoms with Crippen molar-refractivity contribution in [1.29, 1.82) is 0 Å². The molecule has 1 aliphatic rings. The first kappa shape index (κ1) is 20.6. The fourth-order valence-corrected chi connectivity index (χ4v) is 5.12. The van der Waals surface area contributed by atoms with E-state index in [2.05, 4.69) is 102 Å². The third-order valence-corrected chi connectivity index (χ3v) is 6.80. The van der Waals surface area contributed by atoms with Gasteiger partial charge in [-0.1, -0.05) is 80.4 Å². The lowest BCUT2D eigenvalue weighted by molar-refractivity contribution is -0.119. The summed E-state index contributed by atoms with van der Waals surface area (Å²) in [5.41, 5.74) is 5.92. The summed E-state index contributed by atoms with van der Waals surface area (Å²) in [6, 6.07) is 27.8. The van der Waals surface area contributed by atoms with Crippen LogP contribution < -0.4 is 5.32 Å². The number of amides is 1. The molecule has 1 saturated carbocycles. The lowest BCUT2D eigenvalue weighted by Gasteiger charge is -2.22. The van der Waals surface area contributed by atoms with E-state index in [1.54, 1.807) is 0 Å². The average Bonchev–Trinajstić information content (AvgIpc) is 3.49. The quantitative estimate of drug-likeness (QED) is 0.358. The molecule has 1 fully saturated rings. The van der Waals surface area contributed by atoms with Crippen LogP contribution in [0.3, 0.4) is 0 Å². The van der Waals surface area contributed by atoms with E-state index in [9.17, 15) is 4.79 Å². The maximum absolute atomic E-state index is 12.7. The van der Waals surface area contributed by atoms with Crippen molar-refractivity contribution in [3.05, 3.63) is 102 Å². The predicted molar refractivity (Wildman–Crippen MR) is 132 cm³/mol. The van der Waals surface area contributed by atoms with Gasteiger partial charge in [0.25, 0.3) is 0 Å². The number of aryl methyl sites for hydroxylation is 1. The molecule has 0 aliphatic heterocycles. The summed E-state index contributed by atoms with van der Waals surface area (Å²) >= 11 is 0. The molecule has 1 N–H and O–H groups in total. The Morgan fingerprint density at radius 3 is 2.16 bits per heavy atom.